The Kier molecular flexibility index (Phi) is 4.65. The number of carbonyl (C=O) groups excluding carboxylic acids is 3. The predicted molar refractivity (Wildman–Crippen MR) is 115 cm³/mol. The summed E-state index contributed by atoms with van der Waals surface area (Å²) in [6.45, 7) is 3.74. The Morgan fingerprint density at radius 2 is 1.79 bits per heavy atom. The van der Waals surface area contributed by atoms with Crippen molar-refractivity contribution >= 4 is 51.7 Å². The number of amides is 3. The molecule has 0 saturated carbocycles. The maximum atomic E-state index is 13.6. The van der Waals surface area contributed by atoms with E-state index in [-0.39, 0.29) is 36.6 Å². The average Bonchev–Trinajstić information content (AvgIpc) is 3.02. The average molecular weight is 489 g/mol. The minimum atomic E-state index is -1.36. The fourth-order valence-corrected chi connectivity index (χ4v) is 4.53. The number of anilines is 2. The molecule has 0 bridgehead atoms. The van der Waals surface area contributed by atoms with E-state index in [1.165, 1.54) is 4.90 Å². The first-order valence-corrected chi connectivity index (χ1v) is 10.3. The minimum Gasteiger partial charge on any atom is -0.322 e. The van der Waals surface area contributed by atoms with Gasteiger partial charge in [-0.05, 0) is 72.8 Å². The van der Waals surface area contributed by atoms with Crippen LogP contribution in [0.15, 0.2) is 48.5 Å². The standard InChI is InChI=1S/C21H20IN3O3/c1-13(2)24-19(27)16-5-3-4-6-17(16)25-18(26)11-12-21(24,25)20(28)23-15-9-7-14(22)8-10-15/h3-10,13H,11-12H2,1-2H3,(H,23,28)/t21-/m1/s1. The Balaban J connectivity index is 1.85. The lowest BCUT2D eigenvalue weighted by atomic mass is 9.94. The van der Waals surface area contributed by atoms with Crippen molar-refractivity contribution in [2.75, 3.05) is 10.2 Å². The van der Waals surface area contributed by atoms with Crippen molar-refractivity contribution in [1.29, 1.82) is 0 Å². The van der Waals surface area contributed by atoms with Crippen LogP contribution in [0.4, 0.5) is 11.4 Å². The summed E-state index contributed by atoms with van der Waals surface area (Å²) in [4.78, 5) is 42.8. The van der Waals surface area contributed by atoms with Crippen LogP contribution in [-0.4, -0.2) is 34.3 Å². The Hall–Kier alpha value is -2.42. The molecule has 1 fully saturated rings. The molecule has 0 aromatic heterocycles. The molecule has 2 aliphatic rings. The van der Waals surface area contributed by atoms with Crippen molar-refractivity contribution in [1.82, 2.24) is 4.90 Å². The molecule has 2 heterocycles. The van der Waals surface area contributed by atoms with Gasteiger partial charge >= 0.3 is 0 Å². The first kappa shape index (κ1) is 18.9. The van der Waals surface area contributed by atoms with Crippen LogP contribution >= 0.6 is 22.6 Å². The van der Waals surface area contributed by atoms with Gasteiger partial charge in [-0.3, -0.25) is 19.3 Å². The summed E-state index contributed by atoms with van der Waals surface area (Å²) in [5.41, 5.74) is 0.225. The van der Waals surface area contributed by atoms with Gasteiger partial charge in [-0.1, -0.05) is 12.1 Å². The summed E-state index contributed by atoms with van der Waals surface area (Å²) in [7, 11) is 0. The van der Waals surface area contributed by atoms with E-state index in [4.69, 9.17) is 0 Å². The fraction of sp³-hybridized carbons (Fsp3) is 0.286. The third-order valence-corrected chi connectivity index (χ3v) is 6.00. The van der Waals surface area contributed by atoms with E-state index in [1.54, 1.807) is 29.2 Å². The van der Waals surface area contributed by atoms with Crippen molar-refractivity contribution in [3.05, 3.63) is 57.7 Å². The summed E-state index contributed by atoms with van der Waals surface area (Å²) in [5.74, 6) is -0.742. The van der Waals surface area contributed by atoms with Gasteiger partial charge in [0.05, 0.1) is 11.3 Å². The van der Waals surface area contributed by atoms with Crippen LogP contribution in [0, 0.1) is 3.57 Å². The highest BCUT2D eigenvalue weighted by Gasteiger charge is 2.61. The first-order valence-electron chi connectivity index (χ1n) is 9.19. The minimum absolute atomic E-state index is 0.150. The SMILES string of the molecule is CC(C)N1C(=O)c2ccccc2N2C(=O)CC[C@]21C(=O)Nc1ccc(I)cc1. The topological polar surface area (TPSA) is 69.7 Å². The molecule has 3 amide bonds. The number of para-hydroxylation sites is 1. The first-order chi connectivity index (χ1) is 13.4. The van der Waals surface area contributed by atoms with E-state index in [0.717, 1.165) is 3.57 Å². The number of nitrogens with one attached hydrogen (secondary N) is 1. The zero-order valence-electron chi connectivity index (χ0n) is 15.6. The third-order valence-electron chi connectivity index (χ3n) is 5.28. The number of carbonyl (C=O) groups is 3. The van der Waals surface area contributed by atoms with Gasteiger partial charge in [0.2, 0.25) is 11.6 Å². The van der Waals surface area contributed by atoms with Gasteiger partial charge in [0.15, 0.2) is 0 Å². The molecule has 0 radical (unpaired) electrons. The van der Waals surface area contributed by atoms with Crippen LogP contribution < -0.4 is 10.2 Å². The maximum Gasteiger partial charge on any atom is 0.271 e. The fourth-order valence-electron chi connectivity index (χ4n) is 4.17. The van der Waals surface area contributed by atoms with Crippen LogP contribution in [0.1, 0.15) is 37.0 Å². The van der Waals surface area contributed by atoms with Crippen LogP contribution in [0.2, 0.25) is 0 Å². The summed E-state index contributed by atoms with van der Waals surface area (Å²) < 4.78 is 1.05. The Bertz CT molecular complexity index is 973. The van der Waals surface area contributed by atoms with Crippen LogP contribution in [-0.2, 0) is 9.59 Å². The number of fused-ring (bicyclic) bond motifs is 3. The molecular formula is C21H20IN3O3. The molecule has 144 valence electrons. The van der Waals surface area contributed by atoms with E-state index in [0.29, 0.717) is 16.9 Å². The van der Waals surface area contributed by atoms with Gasteiger partial charge in [0, 0.05) is 28.1 Å². The molecule has 1 N–H and O–H groups in total. The van der Waals surface area contributed by atoms with Crippen molar-refractivity contribution in [2.24, 2.45) is 0 Å². The van der Waals surface area contributed by atoms with Gasteiger partial charge in [0.1, 0.15) is 0 Å². The Morgan fingerprint density at radius 1 is 1.11 bits per heavy atom. The van der Waals surface area contributed by atoms with Gasteiger partial charge in [-0.2, -0.15) is 0 Å². The lowest BCUT2D eigenvalue weighted by molar-refractivity contribution is -0.129. The molecule has 2 aromatic carbocycles. The van der Waals surface area contributed by atoms with Crippen LogP contribution in [0.3, 0.4) is 0 Å². The van der Waals surface area contributed by atoms with E-state index >= 15 is 0 Å². The number of hydrogen-bond donors (Lipinski definition) is 1. The number of nitrogens with zero attached hydrogens (tertiary/aromatic N) is 2. The monoisotopic (exact) mass is 489 g/mol. The number of halogens is 1. The normalized spacial score (nSPS) is 21.0. The lowest BCUT2D eigenvalue weighted by Crippen LogP contribution is -2.70. The molecule has 0 spiro atoms. The molecule has 7 heteroatoms. The largest absolute Gasteiger partial charge is 0.322 e. The van der Waals surface area contributed by atoms with E-state index in [1.807, 2.05) is 38.1 Å². The van der Waals surface area contributed by atoms with Crippen molar-refractivity contribution in [3.63, 3.8) is 0 Å². The molecule has 0 aliphatic carbocycles. The molecule has 0 unspecified atom stereocenters. The van der Waals surface area contributed by atoms with E-state index in [2.05, 4.69) is 27.9 Å². The quantitative estimate of drug-likeness (QED) is 0.670. The summed E-state index contributed by atoms with van der Waals surface area (Å²) >= 11 is 2.20. The summed E-state index contributed by atoms with van der Waals surface area (Å²) in [5, 5.41) is 2.93. The molecule has 4 rings (SSSR count). The third kappa shape index (κ3) is 2.71. The molecular weight excluding hydrogens is 469 g/mol. The van der Waals surface area contributed by atoms with Crippen molar-refractivity contribution in [2.45, 2.75) is 38.4 Å². The second-order valence-corrected chi connectivity index (χ2v) is 8.54. The van der Waals surface area contributed by atoms with Crippen molar-refractivity contribution in [3.8, 4) is 0 Å². The second kappa shape index (κ2) is 6.88. The smallest absolute Gasteiger partial charge is 0.271 e. The van der Waals surface area contributed by atoms with Crippen LogP contribution in [0.25, 0.3) is 0 Å². The summed E-state index contributed by atoms with van der Waals surface area (Å²) in [6, 6.07) is 14.2. The molecule has 1 saturated heterocycles. The van der Waals surface area contributed by atoms with Crippen LogP contribution in [0.5, 0.6) is 0 Å². The van der Waals surface area contributed by atoms with Gasteiger partial charge in [0.25, 0.3) is 11.8 Å². The van der Waals surface area contributed by atoms with E-state index < -0.39 is 5.66 Å². The van der Waals surface area contributed by atoms with Gasteiger partial charge in [-0.25, -0.2) is 0 Å². The molecule has 1 atom stereocenters. The number of benzene rings is 2. The Morgan fingerprint density at radius 3 is 2.46 bits per heavy atom. The molecule has 2 aliphatic heterocycles. The number of hydrogen-bond acceptors (Lipinski definition) is 3. The predicted octanol–water partition coefficient (Wildman–Crippen LogP) is 3.62. The highest BCUT2D eigenvalue weighted by Crippen LogP contribution is 2.45. The second-order valence-electron chi connectivity index (χ2n) is 7.29. The summed E-state index contributed by atoms with van der Waals surface area (Å²) in [6.07, 6.45) is 0.477. The molecule has 2 aromatic rings. The Labute approximate surface area is 177 Å². The molecule has 28 heavy (non-hydrogen) atoms. The van der Waals surface area contributed by atoms with Gasteiger partial charge in [-0.15, -0.1) is 0 Å². The maximum absolute atomic E-state index is 13.6. The number of rotatable bonds is 3. The van der Waals surface area contributed by atoms with E-state index in [9.17, 15) is 14.4 Å². The lowest BCUT2D eigenvalue weighted by Gasteiger charge is -2.50. The van der Waals surface area contributed by atoms with Gasteiger partial charge < -0.3 is 10.2 Å². The zero-order chi connectivity index (χ0) is 20.1. The van der Waals surface area contributed by atoms with Crippen molar-refractivity contribution < 1.29 is 14.4 Å². The highest BCUT2D eigenvalue weighted by molar-refractivity contribution is 14.1. The highest BCUT2D eigenvalue weighted by atomic mass is 127. The molecule has 6 nitrogen and oxygen atoms in total. The zero-order valence-corrected chi connectivity index (χ0v) is 17.8.